The van der Waals surface area contributed by atoms with Gasteiger partial charge in [0.15, 0.2) is 0 Å². The Labute approximate surface area is 199 Å². The molecule has 0 aliphatic carbocycles. The molecule has 0 atom stereocenters. The highest BCUT2D eigenvalue weighted by Crippen LogP contribution is 2.17. The van der Waals surface area contributed by atoms with E-state index < -0.39 is 47.6 Å². The number of ketones is 1. The number of hydrogen-bond acceptors (Lipinski definition) is 8. The lowest BCUT2D eigenvalue weighted by molar-refractivity contribution is -0.140. The Bertz CT molecular complexity index is 884. The number of rotatable bonds is 8. The predicted molar refractivity (Wildman–Crippen MR) is 123 cm³/mol. The van der Waals surface area contributed by atoms with Gasteiger partial charge < -0.3 is 19.5 Å². The van der Waals surface area contributed by atoms with Crippen molar-refractivity contribution in [2.24, 2.45) is 0 Å². The highest BCUT2D eigenvalue weighted by molar-refractivity contribution is 6.43. The standard InChI is InChI=1S/C24H34N2O8/c1-23(2,3)33-21(30)26(22(31)34-24(4,5)6)14-10-12-16-11-8-9-13-17(16)19(28)20(29)25-15-18(27)32-7/h8-9,11,13H,10,12,14-15H2,1-7H3,(H,25,29). The van der Waals surface area contributed by atoms with Gasteiger partial charge in [0, 0.05) is 12.1 Å². The second-order valence-corrected chi connectivity index (χ2v) is 9.46. The van der Waals surface area contributed by atoms with Crippen LogP contribution >= 0.6 is 0 Å². The average molecular weight is 479 g/mol. The van der Waals surface area contributed by atoms with Crippen LogP contribution in [-0.4, -0.2) is 66.1 Å². The van der Waals surface area contributed by atoms with Gasteiger partial charge in [-0.15, -0.1) is 0 Å². The number of carbonyl (C=O) groups excluding carboxylic acids is 5. The molecule has 0 radical (unpaired) electrons. The van der Waals surface area contributed by atoms with Gasteiger partial charge in [0.25, 0.3) is 5.91 Å². The Kier molecular flexibility index (Phi) is 10.2. The molecular formula is C24H34N2O8. The molecule has 10 nitrogen and oxygen atoms in total. The summed E-state index contributed by atoms with van der Waals surface area (Å²) in [5.74, 6) is -2.43. The summed E-state index contributed by atoms with van der Waals surface area (Å²) in [7, 11) is 1.17. The average Bonchev–Trinajstić information content (AvgIpc) is 2.71. The van der Waals surface area contributed by atoms with Gasteiger partial charge in [-0.3, -0.25) is 14.4 Å². The first kappa shape index (κ1) is 28.6. The first-order valence-corrected chi connectivity index (χ1v) is 10.9. The maximum atomic E-state index is 12.6. The van der Waals surface area contributed by atoms with Crippen molar-refractivity contribution >= 4 is 29.8 Å². The molecule has 1 aromatic rings. The van der Waals surface area contributed by atoms with Gasteiger partial charge in [-0.2, -0.15) is 0 Å². The Morgan fingerprint density at radius 3 is 1.91 bits per heavy atom. The fourth-order valence-electron chi connectivity index (χ4n) is 2.71. The Morgan fingerprint density at radius 1 is 0.882 bits per heavy atom. The summed E-state index contributed by atoms with van der Waals surface area (Å²) in [5, 5.41) is 2.21. The summed E-state index contributed by atoms with van der Waals surface area (Å²) < 4.78 is 15.1. The highest BCUT2D eigenvalue weighted by atomic mass is 16.6. The van der Waals surface area contributed by atoms with Crippen LogP contribution in [0.15, 0.2) is 24.3 Å². The largest absolute Gasteiger partial charge is 0.468 e. The van der Waals surface area contributed by atoms with Crippen molar-refractivity contribution in [1.29, 1.82) is 0 Å². The lowest BCUT2D eigenvalue weighted by atomic mass is 9.99. The number of hydrogen-bond donors (Lipinski definition) is 1. The van der Waals surface area contributed by atoms with E-state index in [0.717, 1.165) is 4.90 Å². The number of imide groups is 1. The van der Waals surface area contributed by atoms with E-state index in [1.807, 2.05) is 0 Å². The van der Waals surface area contributed by atoms with Gasteiger partial charge in [0.05, 0.1) is 7.11 Å². The number of ether oxygens (including phenoxy) is 3. The maximum absolute atomic E-state index is 12.6. The molecule has 1 N–H and O–H groups in total. The highest BCUT2D eigenvalue weighted by Gasteiger charge is 2.31. The monoisotopic (exact) mass is 478 g/mol. The molecule has 0 aromatic heterocycles. The molecule has 1 rings (SSSR count). The van der Waals surface area contributed by atoms with Crippen LogP contribution in [0, 0.1) is 0 Å². The number of aryl methyl sites for hydroxylation is 1. The minimum atomic E-state index is -0.943. The summed E-state index contributed by atoms with van der Waals surface area (Å²) in [6, 6.07) is 6.48. The molecule has 3 amide bonds. The number of benzene rings is 1. The molecule has 0 spiro atoms. The summed E-state index contributed by atoms with van der Waals surface area (Å²) in [4.78, 5) is 62.0. The molecule has 188 valence electrons. The first-order valence-electron chi connectivity index (χ1n) is 10.9. The van der Waals surface area contributed by atoms with Gasteiger partial charge in [-0.1, -0.05) is 24.3 Å². The molecule has 0 fully saturated rings. The zero-order valence-electron chi connectivity index (χ0n) is 20.9. The van der Waals surface area contributed by atoms with Crippen LogP contribution in [0.25, 0.3) is 0 Å². The number of esters is 1. The lowest BCUT2D eigenvalue weighted by Gasteiger charge is -2.28. The Morgan fingerprint density at radius 2 is 1.41 bits per heavy atom. The van der Waals surface area contributed by atoms with E-state index in [9.17, 15) is 24.0 Å². The van der Waals surface area contributed by atoms with Crippen LogP contribution in [0.1, 0.15) is 63.9 Å². The number of nitrogens with one attached hydrogen (secondary N) is 1. The SMILES string of the molecule is COC(=O)CNC(=O)C(=O)c1ccccc1CCCN(C(=O)OC(C)(C)C)C(=O)OC(C)(C)C. The van der Waals surface area contributed by atoms with Crippen LogP contribution in [0.2, 0.25) is 0 Å². The summed E-state index contributed by atoms with van der Waals surface area (Å²) in [6.07, 6.45) is -1.11. The van der Waals surface area contributed by atoms with Gasteiger partial charge in [-0.05, 0) is 59.9 Å². The van der Waals surface area contributed by atoms with Crippen molar-refractivity contribution < 1.29 is 38.2 Å². The van der Waals surface area contributed by atoms with E-state index in [2.05, 4.69) is 10.1 Å². The van der Waals surface area contributed by atoms with Crippen LogP contribution in [0.5, 0.6) is 0 Å². The summed E-state index contributed by atoms with van der Waals surface area (Å²) in [5.41, 5.74) is -0.915. The minimum absolute atomic E-state index is 0.0269. The molecular weight excluding hydrogens is 444 g/mol. The van der Waals surface area contributed by atoms with Crippen LogP contribution in [-0.2, 0) is 30.2 Å². The smallest absolute Gasteiger partial charge is 0.419 e. The van der Waals surface area contributed by atoms with Crippen molar-refractivity contribution in [3.05, 3.63) is 35.4 Å². The number of carbonyl (C=O) groups is 5. The molecule has 10 heteroatoms. The van der Waals surface area contributed by atoms with Crippen molar-refractivity contribution in [2.75, 3.05) is 20.2 Å². The predicted octanol–water partition coefficient (Wildman–Crippen LogP) is 3.26. The van der Waals surface area contributed by atoms with Crippen molar-refractivity contribution in [1.82, 2.24) is 10.2 Å². The third kappa shape index (κ3) is 10.0. The molecule has 0 saturated heterocycles. The fourth-order valence-corrected chi connectivity index (χ4v) is 2.71. The minimum Gasteiger partial charge on any atom is -0.468 e. The molecule has 0 heterocycles. The molecule has 0 bridgehead atoms. The second-order valence-electron chi connectivity index (χ2n) is 9.46. The van der Waals surface area contributed by atoms with E-state index in [1.165, 1.54) is 13.2 Å². The van der Waals surface area contributed by atoms with Crippen molar-refractivity contribution in [2.45, 2.75) is 65.6 Å². The zero-order chi connectivity index (χ0) is 26.1. The van der Waals surface area contributed by atoms with Crippen LogP contribution < -0.4 is 5.32 Å². The van der Waals surface area contributed by atoms with Gasteiger partial charge in [-0.25, -0.2) is 14.5 Å². The number of nitrogens with zero attached hydrogens (tertiary/aromatic N) is 1. The maximum Gasteiger partial charge on any atom is 0.419 e. The van der Waals surface area contributed by atoms with Gasteiger partial charge in [0.1, 0.15) is 17.7 Å². The van der Waals surface area contributed by atoms with Gasteiger partial charge in [0.2, 0.25) is 5.78 Å². The van der Waals surface area contributed by atoms with E-state index in [1.54, 1.807) is 59.7 Å². The molecule has 0 unspecified atom stereocenters. The topological polar surface area (TPSA) is 128 Å². The lowest BCUT2D eigenvalue weighted by Crippen LogP contribution is -2.44. The Balaban J connectivity index is 2.93. The molecule has 0 aliphatic rings. The van der Waals surface area contributed by atoms with E-state index in [4.69, 9.17) is 9.47 Å². The number of Topliss-reactive ketones (excluding diaryl/α,β-unsaturated/α-hetero) is 1. The summed E-state index contributed by atoms with van der Waals surface area (Å²) in [6.45, 7) is 9.66. The summed E-state index contributed by atoms with van der Waals surface area (Å²) >= 11 is 0. The molecule has 34 heavy (non-hydrogen) atoms. The third-order valence-electron chi connectivity index (χ3n) is 4.14. The first-order chi connectivity index (χ1) is 15.6. The number of amides is 3. The van der Waals surface area contributed by atoms with E-state index >= 15 is 0 Å². The molecule has 0 saturated carbocycles. The van der Waals surface area contributed by atoms with Crippen molar-refractivity contribution in [3.63, 3.8) is 0 Å². The quantitative estimate of drug-likeness (QED) is 0.261. The fraction of sp³-hybridized carbons (Fsp3) is 0.542. The van der Waals surface area contributed by atoms with E-state index in [-0.39, 0.29) is 24.9 Å². The van der Waals surface area contributed by atoms with Gasteiger partial charge >= 0.3 is 18.2 Å². The van der Waals surface area contributed by atoms with E-state index in [0.29, 0.717) is 5.56 Å². The number of methoxy groups -OCH3 is 1. The zero-order valence-corrected chi connectivity index (χ0v) is 20.9. The van der Waals surface area contributed by atoms with Crippen LogP contribution in [0.4, 0.5) is 9.59 Å². The molecule has 1 aromatic carbocycles. The van der Waals surface area contributed by atoms with Crippen molar-refractivity contribution in [3.8, 4) is 0 Å². The van der Waals surface area contributed by atoms with Crippen LogP contribution in [0.3, 0.4) is 0 Å². The Hall–Kier alpha value is -3.43. The second kappa shape index (κ2) is 12.2. The normalized spacial score (nSPS) is 11.3. The molecule has 0 aliphatic heterocycles. The third-order valence-corrected chi connectivity index (χ3v) is 4.14.